The van der Waals surface area contributed by atoms with Gasteiger partial charge in [-0.25, -0.2) is 5.43 Å². The SMILES string of the molecule is CCn1c(-c2cccnc2COC)c2c3cc(ccc31)-c1cc(O)cc(c1)C[C@H](NC(=O)[C@H](C(C)C)N(C)C(=O)[C@H]1CCN(C(=O)C#CCN3[C@@H](C)COC[C@@H]3C)C1)C(=O)N1CCC[C@H](N1)C(=O)OCC(C)(C)C2. The van der Waals surface area contributed by atoms with Crippen molar-refractivity contribution in [2.45, 2.75) is 124 Å². The summed E-state index contributed by atoms with van der Waals surface area (Å²) in [6.07, 6.45) is 3.64. The number of amides is 4. The molecular weight excluding hydrogens is 941 g/mol. The number of nitrogens with zero attached hydrogens (tertiary/aromatic N) is 6. The second kappa shape index (κ2) is 23.1. The molecule has 0 aliphatic carbocycles. The Kier molecular flexibility index (Phi) is 16.8. The van der Waals surface area contributed by atoms with Gasteiger partial charge in [0, 0.05) is 86.9 Å². The average Bonchev–Trinajstić information content (AvgIpc) is 3.99. The summed E-state index contributed by atoms with van der Waals surface area (Å²) < 4.78 is 19.6. The van der Waals surface area contributed by atoms with E-state index in [2.05, 4.69) is 84.9 Å². The second-order valence-corrected chi connectivity index (χ2v) is 21.7. The second-order valence-electron chi connectivity index (χ2n) is 21.7. The maximum atomic E-state index is 14.8. The number of phenols is 1. The van der Waals surface area contributed by atoms with Crippen molar-refractivity contribution in [2.24, 2.45) is 17.3 Å². The van der Waals surface area contributed by atoms with Crippen LogP contribution in [-0.4, -0.2) is 154 Å². The van der Waals surface area contributed by atoms with Crippen LogP contribution in [0.3, 0.4) is 0 Å². The van der Waals surface area contributed by atoms with E-state index in [0.29, 0.717) is 76.3 Å². The van der Waals surface area contributed by atoms with Gasteiger partial charge in [-0.15, -0.1) is 0 Å². The molecule has 8 rings (SSSR count). The summed E-state index contributed by atoms with van der Waals surface area (Å²) in [4.78, 5) is 81.0. The summed E-state index contributed by atoms with van der Waals surface area (Å²) in [6, 6.07) is 12.8. The van der Waals surface area contributed by atoms with Crippen LogP contribution in [0.25, 0.3) is 33.3 Å². The minimum absolute atomic E-state index is 0.0158. The number of phenolic OH excluding ortho intramolecular Hbond substituents is 1. The Morgan fingerprint density at radius 2 is 1.81 bits per heavy atom. The van der Waals surface area contributed by atoms with Crippen molar-refractivity contribution in [3.8, 4) is 40.0 Å². The maximum Gasteiger partial charge on any atom is 0.324 e. The lowest BCUT2D eigenvalue weighted by molar-refractivity contribution is -0.155. The Bertz CT molecular complexity index is 2800. The number of esters is 1. The van der Waals surface area contributed by atoms with E-state index in [-0.39, 0.29) is 61.7 Å². The molecule has 6 heterocycles. The fraction of sp³-hybridized carbons (Fsp3) is 0.544. The van der Waals surface area contributed by atoms with Gasteiger partial charge in [0.15, 0.2) is 0 Å². The highest BCUT2D eigenvalue weighted by atomic mass is 16.5. The number of aromatic nitrogens is 2. The van der Waals surface area contributed by atoms with E-state index in [0.717, 1.165) is 39.0 Å². The van der Waals surface area contributed by atoms with Gasteiger partial charge in [-0.3, -0.25) is 38.9 Å². The lowest BCUT2D eigenvalue weighted by atomic mass is 9.84. The summed E-state index contributed by atoms with van der Waals surface area (Å²) in [5.74, 6) is 2.75. The molecule has 6 atom stereocenters. The fourth-order valence-electron chi connectivity index (χ4n) is 11.3. The average molecular weight is 1020 g/mol. The highest BCUT2D eigenvalue weighted by Crippen LogP contribution is 2.41. The molecule has 0 saturated carbocycles. The lowest BCUT2D eigenvalue weighted by Gasteiger charge is -2.37. The smallest absolute Gasteiger partial charge is 0.324 e. The number of likely N-dealkylation sites (tertiary alicyclic amines) is 1. The van der Waals surface area contributed by atoms with Crippen molar-refractivity contribution >= 4 is 40.5 Å². The summed E-state index contributed by atoms with van der Waals surface area (Å²) in [6.45, 7) is 17.6. The molecule has 6 bridgehead atoms. The standard InChI is InChI=1S/C57H74N8O9/c1-10-63-49-18-17-39-28-44(49)45(52(63)43-14-11-20-58-48(43)33-72-9)29-57(6,7)34-74-56(71)46-15-12-22-65(60-46)55(70)47(26-38-24-41(39)27-42(66)25-38)59-53(68)51(35(2)3)61(8)54(69)40-19-23-62(30-40)50(67)16-13-21-64-36(4)31-73-32-37(64)5/h11,14,17-18,20,24-25,27-28,35-37,40,46-47,51,60,66H,10,12,15,19,21-23,26,29-34H2,1-9H3,(H,59,68)/t36-,37-,40-,46-,47-,51-/m0/s1. The van der Waals surface area contributed by atoms with Gasteiger partial charge in [-0.2, -0.15) is 0 Å². The minimum atomic E-state index is -1.18. The van der Waals surface area contributed by atoms with Crippen molar-refractivity contribution in [1.82, 2.24) is 40.0 Å². The molecule has 396 valence electrons. The highest BCUT2D eigenvalue weighted by molar-refractivity contribution is 5.97. The summed E-state index contributed by atoms with van der Waals surface area (Å²) in [7, 11) is 3.24. The number of hydrogen-bond acceptors (Lipinski definition) is 12. The molecule has 4 amide bonds. The van der Waals surface area contributed by atoms with E-state index in [9.17, 15) is 29.1 Å². The number of pyridine rings is 1. The number of benzene rings is 2. The predicted molar refractivity (Wildman–Crippen MR) is 281 cm³/mol. The molecule has 3 saturated heterocycles. The molecular formula is C57H74N8O9. The third-order valence-corrected chi connectivity index (χ3v) is 15.1. The number of aromatic hydroxyl groups is 1. The monoisotopic (exact) mass is 1010 g/mol. The van der Waals surface area contributed by atoms with E-state index >= 15 is 0 Å². The number of likely N-dealkylation sites (N-methyl/N-ethyl adjacent to an activating group) is 1. The number of carbonyl (C=O) groups excluding carboxylic acids is 5. The molecule has 2 aromatic carbocycles. The number of aryl methyl sites for hydroxylation is 1. The molecule has 4 aromatic rings. The number of hydrazine groups is 1. The van der Waals surface area contributed by atoms with Crippen molar-refractivity contribution in [3.05, 3.63) is 71.5 Å². The van der Waals surface area contributed by atoms with Gasteiger partial charge in [0.1, 0.15) is 23.9 Å². The highest BCUT2D eigenvalue weighted by Gasteiger charge is 2.40. The normalized spacial score (nSPS) is 22.9. The number of cyclic esters (lactones) is 1. The van der Waals surface area contributed by atoms with Gasteiger partial charge in [0.2, 0.25) is 11.8 Å². The van der Waals surface area contributed by atoms with Gasteiger partial charge >= 0.3 is 5.97 Å². The van der Waals surface area contributed by atoms with Crippen LogP contribution in [0.2, 0.25) is 0 Å². The maximum absolute atomic E-state index is 14.8. The first kappa shape index (κ1) is 54.0. The van der Waals surface area contributed by atoms with E-state index in [4.69, 9.17) is 19.2 Å². The number of ether oxygens (including phenoxy) is 3. The summed E-state index contributed by atoms with van der Waals surface area (Å²) >= 11 is 0. The number of methoxy groups -OCH3 is 1. The Hall–Kier alpha value is -6.32. The van der Waals surface area contributed by atoms with Crippen LogP contribution in [0.5, 0.6) is 5.75 Å². The zero-order valence-corrected chi connectivity index (χ0v) is 44.5. The van der Waals surface area contributed by atoms with Crippen LogP contribution in [0.15, 0.2) is 54.7 Å². The van der Waals surface area contributed by atoms with Crippen LogP contribution in [0.4, 0.5) is 0 Å². The van der Waals surface area contributed by atoms with Crippen LogP contribution in [0, 0.1) is 29.1 Å². The molecule has 4 aliphatic rings. The summed E-state index contributed by atoms with van der Waals surface area (Å²) in [5, 5.41) is 16.8. The first-order valence-electron chi connectivity index (χ1n) is 26.2. The van der Waals surface area contributed by atoms with Crippen molar-refractivity contribution in [2.75, 3.05) is 60.2 Å². The zero-order chi connectivity index (χ0) is 53.0. The Balaban J connectivity index is 1.09. The van der Waals surface area contributed by atoms with Gasteiger partial charge in [0.25, 0.3) is 11.8 Å². The van der Waals surface area contributed by atoms with Crippen LogP contribution in [0.1, 0.15) is 84.5 Å². The number of morpholine rings is 1. The molecule has 74 heavy (non-hydrogen) atoms. The molecule has 3 fully saturated rings. The molecule has 2 aromatic heterocycles. The number of nitrogens with one attached hydrogen (secondary N) is 2. The molecule has 0 spiro atoms. The third-order valence-electron chi connectivity index (χ3n) is 15.1. The summed E-state index contributed by atoms with van der Waals surface area (Å²) in [5.41, 5.74) is 9.52. The van der Waals surface area contributed by atoms with Crippen molar-refractivity contribution in [3.63, 3.8) is 0 Å². The van der Waals surface area contributed by atoms with Crippen molar-refractivity contribution in [1.29, 1.82) is 0 Å². The minimum Gasteiger partial charge on any atom is -0.508 e. The fourth-order valence-corrected chi connectivity index (χ4v) is 11.3. The Labute approximate surface area is 435 Å². The first-order chi connectivity index (χ1) is 35.4. The zero-order valence-electron chi connectivity index (χ0n) is 44.5. The van der Waals surface area contributed by atoms with E-state index in [1.807, 2.05) is 32.0 Å². The van der Waals surface area contributed by atoms with Gasteiger partial charge in [-0.1, -0.05) is 45.7 Å². The first-order valence-corrected chi connectivity index (χ1v) is 26.2. The van der Waals surface area contributed by atoms with Crippen LogP contribution in [-0.2, 0) is 64.2 Å². The predicted octanol–water partition coefficient (Wildman–Crippen LogP) is 5.33. The van der Waals surface area contributed by atoms with Gasteiger partial charge in [-0.05, 0) is 117 Å². The number of carbonyl (C=O) groups is 5. The van der Waals surface area contributed by atoms with Gasteiger partial charge in [0.05, 0.1) is 50.3 Å². The topological polar surface area (TPSA) is 188 Å². The number of fused-ring (bicyclic) bond motifs is 6. The van der Waals surface area contributed by atoms with Crippen LogP contribution >= 0.6 is 0 Å². The quantitative estimate of drug-likeness (QED) is 0.137. The lowest BCUT2D eigenvalue weighted by Crippen LogP contribution is -2.62. The Morgan fingerprint density at radius 1 is 1.04 bits per heavy atom. The molecule has 0 radical (unpaired) electrons. The third kappa shape index (κ3) is 11.8. The number of rotatable bonds is 10. The molecule has 0 unspecified atom stereocenters. The molecule has 17 nitrogen and oxygen atoms in total. The van der Waals surface area contributed by atoms with E-state index < -0.39 is 47.2 Å². The van der Waals surface area contributed by atoms with E-state index in [1.54, 1.807) is 37.4 Å². The van der Waals surface area contributed by atoms with Crippen molar-refractivity contribution < 1.29 is 43.3 Å². The molecule has 3 N–H and O–H groups in total. The largest absolute Gasteiger partial charge is 0.508 e. The molecule has 4 aliphatic heterocycles. The van der Waals surface area contributed by atoms with Crippen LogP contribution < -0.4 is 10.7 Å². The van der Waals surface area contributed by atoms with Gasteiger partial charge < -0.3 is 39.0 Å². The van der Waals surface area contributed by atoms with E-state index in [1.165, 1.54) is 9.91 Å². The Morgan fingerprint density at radius 3 is 2.54 bits per heavy atom. The molecule has 17 heteroatoms. The number of hydrogen-bond donors (Lipinski definition) is 3.